The van der Waals surface area contributed by atoms with E-state index < -0.39 is 10.0 Å². The highest BCUT2D eigenvalue weighted by Gasteiger charge is 2.15. The van der Waals surface area contributed by atoms with Crippen LogP contribution in [0.2, 0.25) is 0 Å². The lowest BCUT2D eigenvalue weighted by atomic mass is 10.2. The van der Waals surface area contributed by atoms with E-state index in [1.54, 1.807) is 12.1 Å². The minimum atomic E-state index is -3.72. The average Bonchev–Trinajstić information content (AvgIpc) is 3.01. The number of imidazole rings is 1. The van der Waals surface area contributed by atoms with Crippen LogP contribution in [0.3, 0.4) is 0 Å². The van der Waals surface area contributed by atoms with E-state index in [1.807, 2.05) is 43.3 Å². The van der Waals surface area contributed by atoms with Gasteiger partial charge in [0.2, 0.25) is 10.0 Å². The molecule has 0 saturated carbocycles. The Morgan fingerprint density at radius 1 is 0.885 bits per heavy atom. The lowest BCUT2D eigenvalue weighted by Gasteiger charge is -2.10. The second-order valence-corrected chi connectivity index (χ2v) is 7.73. The summed E-state index contributed by atoms with van der Waals surface area (Å²) in [6.45, 7) is 2.04. The van der Waals surface area contributed by atoms with Gasteiger partial charge in [-0.2, -0.15) is 0 Å². The van der Waals surface area contributed by atoms with Crippen molar-refractivity contribution in [1.82, 2.24) is 9.55 Å². The van der Waals surface area contributed by atoms with E-state index >= 15 is 0 Å². The summed E-state index contributed by atoms with van der Waals surface area (Å²) in [5.74, 6) is 0.746. The Labute approximate surface area is 151 Å². The standard InChI is InChI=1S/C20H17N3O2S/c1-14-6-10-16(11-7-14)23-19-5-3-2-4-18(19)22-20(23)15-8-12-17(13-9-15)26(21,24)25/h2-13H,1H3,(H2,21,24,25). The number of hydrogen-bond donors (Lipinski definition) is 1. The molecule has 1 aromatic heterocycles. The van der Waals surface area contributed by atoms with Gasteiger partial charge in [0.1, 0.15) is 5.82 Å². The molecule has 6 heteroatoms. The molecule has 0 unspecified atom stereocenters. The lowest BCUT2D eigenvalue weighted by molar-refractivity contribution is 0.598. The first-order valence-electron chi connectivity index (χ1n) is 8.11. The van der Waals surface area contributed by atoms with E-state index in [2.05, 4.69) is 16.7 Å². The maximum absolute atomic E-state index is 11.5. The third-order valence-corrected chi connectivity index (χ3v) is 5.22. The Bertz CT molecular complexity index is 1190. The highest BCUT2D eigenvalue weighted by Crippen LogP contribution is 2.29. The van der Waals surface area contributed by atoms with Crippen LogP contribution in [-0.4, -0.2) is 18.0 Å². The number of nitrogens with zero attached hydrogens (tertiary/aromatic N) is 2. The third kappa shape index (κ3) is 2.89. The first-order chi connectivity index (χ1) is 12.4. The van der Waals surface area contributed by atoms with Crippen molar-refractivity contribution in [2.75, 3.05) is 0 Å². The van der Waals surface area contributed by atoms with E-state index in [0.29, 0.717) is 0 Å². The zero-order valence-corrected chi connectivity index (χ0v) is 14.9. The monoisotopic (exact) mass is 363 g/mol. The first kappa shape index (κ1) is 16.5. The highest BCUT2D eigenvalue weighted by molar-refractivity contribution is 7.89. The predicted molar refractivity (Wildman–Crippen MR) is 103 cm³/mol. The molecule has 4 rings (SSSR count). The Balaban J connectivity index is 1.95. The van der Waals surface area contributed by atoms with E-state index in [4.69, 9.17) is 10.1 Å². The van der Waals surface area contributed by atoms with E-state index in [-0.39, 0.29) is 4.90 Å². The summed E-state index contributed by atoms with van der Waals surface area (Å²) < 4.78 is 25.1. The quantitative estimate of drug-likeness (QED) is 0.603. The number of aryl methyl sites for hydroxylation is 1. The molecule has 0 fully saturated rings. The molecule has 0 spiro atoms. The smallest absolute Gasteiger partial charge is 0.238 e. The van der Waals surface area contributed by atoms with Crippen molar-refractivity contribution in [1.29, 1.82) is 0 Å². The summed E-state index contributed by atoms with van der Waals surface area (Å²) in [5.41, 5.74) is 4.85. The first-order valence-corrected chi connectivity index (χ1v) is 9.66. The zero-order chi connectivity index (χ0) is 18.3. The number of nitrogens with two attached hydrogens (primary N) is 1. The molecule has 26 heavy (non-hydrogen) atoms. The maximum atomic E-state index is 11.5. The van der Waals surface area contributed by atoms with Gasteiger partial charge in [-0.3, -0.25) is 4.57 Å². The molecule has 3 aromatic carbocycles. The van der Waals surface area contributed by atoms with E-state index in [9.17, 15) is 8.42 Å². The lowest BCUT2D eigenvalue weighted by Crippen LogP contribution is -2.11. The molecule has 0 atom stereocenters. The maximum Gasteiger partial charge on any atom is 0.238 e. The predicted octanol–water partition coefficient (Wildman–Crippen LogP) is 3.65. The van der Waals surface area contributed by atoms with Gasteiger partial charge < -0.3 is 0 Å². The van der Waals surface area contributed by atoms with Crippen LogP contribution in [0, 0.1) is 6.92 Å². The molecule has 0 bridgehead atoms. The fourth-order valence-electron chi connectivity index (χ4n) is 2.97. The van der Waals surface area contributed by atoms with Gasteiger partial charge >= 0.3 is 0 Å². The van der Waals surface area contributed by atoms with E-state index in [1.165, 1.54) is 17.7 Å². The average molecular weight is 363 g/mol. The third-order valence-electron chi connectivity index (χ3n) is 4.29. The number of para-hydroxylation sites is 2. The van der Waals surface area contributed by atoms with Crippen LogP contribution in [0.25, 0.3) is 28.1 Å². The summed E-state index contributed by atoms with van der Waals surface area (Å²) in [6, 6.07) is 22.6. The molecule has 130 valence electrons. The summed E-state index contributed by atoms with van der Waals surface area (Å²) >= 11 is 0. The topological polar surface area (TPSA) is 78.0 Å². The van der Waals surface area contributed by atoms with Crippen LogP contribution >= 0.6 is 0 Å². The van der Waals surface area contributed by atoms with Crippen LogP contribution < -0.4 is 5.14 Å². The van der Waals surface area contributed by atoms with Crippen molar-refractivity contribution in [3.63, 3.8) is 0 Å². The van der Waals surface area contributed by atoms with Gasteiger partial charge in [0.15, 0.2) is 0 Å². The summed E-state index contributed by atoms with van der Waals surface area (Å²) in [6.07, 6.45) is 0. The van der Waals surface area contributed by atoms with E-state index in [0.717, 1.165) is 28.1 Å². The van der Waals surface area contributed by atoms with Crippen molar-refractivity contribution >= 4 is 21.1 Å². The fraction of sp³-hybridized carbons (Fsp3) is 0.0500. The molecular weight excluding hydrogens is 346 g/mol. The van der Waals surface area contributed by atoms with Crippen LogP contribution in [0.15, 0.2) is 77.7 Å². The van der Waals surface area contributed by atoms with Crippen molar-refractivity contribution in [3.05, 3.63) is 78.4 Å². The Hall–Kier alpha value is -2.96. The fourth-order valence-corrected chi connectivity index (χ4v) is 3.48. The molecule has 5 nitrogen and oxygen atoms in total. The van der Waals surface area contributed by atoms with Gasteiger partial charge in [-0.05, 0) is 55.5 Å². The number of aromatic nitrogens is 2. The van der Waals surface area contributed by atoms with Gasteiger partial charge in [0, 0.05) is 11.3 Å². The van der Waals surface area contributed by atoms with Gasteiger partial charge in [0.05, 0.1) is 15.9 Å². The molecule has 0 saturated heterocycles. The number of fused-ring (bicyclic) bond motifs is 1. The molecule has 0 radical (unpaired) electrons. The zero-order valence-electron chi connectivity index (χ0n) is 14.1. The number of sulfonamides is 1. The van der Waals surface area contributed by atoms with Gasteiger partial charge in [0.25, 0.3) is 0 Å². The molecule has 1 heterocycles. The van der Waals surface area contributed by atoms with Crippen molar-refractivity contribution < 1.29 is 8.42 Å². The van der Waals surface area contributed by atoms with Gasteiger partial charge in [-0.15, -0.1) is 0 Å². The van der Waals surface area contributed by atoms with Crippen LogP contribution in [0.4, 0.5) is 0 Å². The minimum absolute atomic E-state index is 0.0826. The molecule has 0 aliphatic heterocycles. The molecule has 4 aromatic rings. The Morgan fingerprint density at radius 3 is 2.19 bits per heavy atom. The number of primary sulfonamides is 1. The van der Waals surface area contributed by atoms with Crippen LogP contribution in [0.5, 0.6) is 0 Å². The van der Waals surface area contributed by atoms with Crippen molar-refractivity contribution in [2.24, 2.45) is 5.14 Å². The summed E-state index contributed by atoms with van der Waals surface area (Å²) in [5, 5.41) is 5.19. The normalized spacial score (nSPS) is 11.8. The molecule has 0 aliphatic carbocycles. The SMILES string of the molecule is Cc1ccc(-n2c(-c3ccc(S(N)(=O)=O)cc3)nc3ccccc32)cc1. The van der Waals surface area contributed by atoms with Crippen LogP contribution in [0.1, 0.15) is 5.56 Å². The van der Waals surface area contributed by atoms with Gasteiger partial charge in [-0.25, -0.2) is 18.5 Å². The molecule has 2 N–H and O–H groups in total. The van der Waals surface area contributed by atoms with Crippen molar-refractivity contribution in [3.8, 4) is 17.1 Å². The summed E-state index contributed by atoms with van der Waals surface area (Å²) in [4.78, 5) is 4.84. The van der Waals surface area contributed by atoms with Crippen LogP contribution in [-0.2, 0) is 10.0 Å². The molecule has 0 aliphatic rings. The molecular formula is C20H17N3O2S. The second-order valence-electron chi connectivity index (χ2n) is 6.16. The number of hydrogen-bond acceptors (Lipinski definition) is 3. The number of rotatable bonds is 3. The minimum Gasteiger partial charge on any atom is -0.292 e. The summed E-state index contributed by atoms with van der Waals surface area (Å²) in [7, 11) is -3.72. The second kappa shape index (κ2) is 6.09. The van der Waals surface area contributed by atoms with Crippen molar-refractivity contribution in [2.45, 2.75) is 11.8 Å². The number of benzene rings is 3. The Kier molecular flexibility index (Phi) is 3.86. The Morgan fingerprint density at radius 2 is 1.54 bits per heavy atom. The molecule has 0 amide bonds. The highest BCUT2D eigenvalue weighted by atomic mass is 32.2. The largest absolute Gasteiger partial charge is 0.292 e. The van der Waals surface area contributed by atoms with Gasteiger partial charge in [-0.1, -0.05) is 29.8 Å².